The number of nitrogens with zero attached hydrogens (tertiary/aromatic N) is 3. The van der Waals surface area contributed by atoms with Gasteiger partial charge in [0.05, 0.1) is 5.69 Å². The zero-order valence-electron chi connectivity index (χ0n) is 13.9. The van der Waals surface area contributed by atoms with E-state index >= 15 is 0 Å². The lowest BCUT2D eigenvalue weighted by Crippen LogP contribution is -2.39. The minimum atomic E-state index is -4.30. The molecule has 1 aliphatic carbocycles. The molecule has 0 saturated heterocycles. The second-order valence-electron chi connectivity index (χ2n) is 6.70. The third kappa shape index (κ3) is 3.11. The highest BCUT2D eigenvalue weighted by molar-refractivity contribution is 6.30. The predicted molar refractivity (Wildman–Crippen MR) is 93.6 cm³/mol. The fourth-order valence-electron chi connectivity index (χ4n) is 2.98. The first-order chi connectivity index (χ1) is 12.3. The van der Waals surface area contributed by atoms with Crippen LogP contribution in [0.4, 0.5) is 19.0 Å². The quantitative estimate of drug-likeness (QED) is 0.707. The number of anilines is 1. The van der Waals surface area contributed by atoms with Crippen LogP contribution in [-0.4, -0.2) is 26.3 Å². The van der Waals surface area contributed by atoms with Crippen LogP contribution in [0, 0.1) is 6.92 Å². The van der Waals surface area contributed by atoms with E-state index in [1.807, 2.05) is 12.1 Å². The maximum atomic E-state index is 13.3. The highest BCUT2D eigenvalue weighted by Crippen LogP contribution is 2.51. The molecule has 1 aromatic carbocycles. The lowest BCUT2D eigenvalue weighted by molar-refractivity contribution is -0.151. The molecule has 3 aromatic rings. The SMILES string of the molecule is Cc1cc(NC2(C(F)(F)F)CC2)n2nc(Cc3ccc(Cl)cc3)cc2n1. The highest BCUT2D eigenvalue weighted by atomic mass is 35.5. The number of aryl methyl sites for hydroxylation is 1. The van der Waals surface area contributed by atoms with Crippen LogP contribution in [0.1, 0.15) is 29.8 Å². The Balaban J connectivity index is 1.68. The first-order valence-electron chi connectivity index (χ1n) is 8.21. The van der Waals surface area contributed by atoms with E-state index < -0.39 is 11.7 Å². The summed E-state index contributed by atoms with van der Waals surface area (Å²) in [4.78, 5) is 4.38. The Labute approximate surface area is 153 Å². The molecule has 0 aliphatic heterocycles. The van der Waals surface area contributed by atoms with Gasteiger partial charge in [0.2, 0.25) is 0 Å². The van der Waals surface area contributed by atoms with Crippen LogP contribution in [-0.2, 0) is 6.42 Å². The topological polar surface area (TPSA) is 42.2 Å². The molecule has 2 heterocycles. The molecule has 0 radical (unpaired) electrons. The molecule has 0 unspecified atom stereocenters. The van der Waals surface area contributed by atoms with Gasteiger partial charge in [-0.25, -0.2) is 4.98 Å². The van der Waals surface area contributed by atoms with E-state index in [-0.39, 0.29) is 12.8 Å². The van der Waals surface area contributed by atoms with Crippen molar-refractivity contribution in [3.05, 3.63) is 58.4 Å². The van der Waals surface area contributed by atoms with Gasteiger partial charge in [0.15, 0.2) is 5.65 Å². The van der Waals surface area contributed by atoms with Crippen molar-refractivity contribution in [2.45, 2.75) is 37.9 Å². The number of fused-ring (bicyclic) bond motifs is 1. The molecular weight excluding hydrogens is 365 g/mol. The number of nitrogens with one attached hydrogen (secondary N) is 1. The van der Waals surface area contributed by atoms with Crippen molar-refractivity contribution in [2.75, 3.05) is 5.32 Å². The normalized spacial score (nSPS) is 16.0. The van der Waals surface area contributed by atoms with Crippen LogP contribution >= 0.6 is 11.6 Å². The molecule has 0 spiro atoms. The highest BCUT2D eigenvalue weighted by Gasteiger charge is 2.63. The van der Waals surface area contributed by atoms with E-state index in [0.717, 1.165) is 11.3 Å². The van der Waals surface area contributed by atoms with Crippen molar-refractivity contribution < 1.29 is 13.2 Å². The van der Waals surface area contributed by atoms with E-state index in [4.69, 9.17) is 11.6 Å². The van der Waals surface area contributed by atoms with Gasteiger partial charge in [0.25, 0.3) is 0 Å². The van der Waals surface area contributed by atoms with Gasteiger partial charge in [-0.15, -0.1) is 0 Å². The number of benzene rings is 1. The van der Waals surface area contributed by atoms with Gasteiger partial charge in [-0.3, -0.25) is 0 Å². The summed E-state index contributed by atoms with van der Waals surface area (Å²) in [5, 5.41) is 7.76. The molecule has 0 amide bonds. The van der Waals surface area contributed by atoms with Gasteiger partial charge in [0.1, 0.15) is 11.4 Å². The standard InChI is InChI=1S/C18H16ClF3N4/c1-11-8-16(24-17(6-7-17)18(20,21)22)26-15(23-11)10-14(25-26)9-12-2-4-13(19)5-3-12/h2-5,8,10,24H,6-7,9H2,1H3. The smallest absolute Gasteiger partial charge is 0.356 e. The Morgan fingerprint density at radius 1 is 1.19 bits per heavy atom. The Morgan fingerprint density at radius 2 is 1.88 bits per heavy atom. The average Bonchev–Trinajstić information content (AvgIpc) is 3.23. The monoisotopic (exact) mass is 380 g/mol. The van der Waals surface area contributed by atoms with Gasteiger partial charge in [-0.05, 0) is 37.5 Å². The summed E-state index contributed by atoms with van der Waals surface area (Å²) >= 11 is 5.89. The second-order valence-corrected chi connectivity index (χ2v) is 7.13. The summed E-state index contributed by atoms with van der Waals surface area (Å²) in [6.45, 7) is 1.75. The van der Waals surface area contributed by atoms with Crippen molar-refractivity contribution in [1.82, 2.24) is 14.6 Å². The van der Waals surface area contributed by atoms with Gasteiger partial charge < -0.3 is 5.32 Å². The molecule has 1 aliphatic rings. The van der Waals surface area contributed by atoms with Gasteiger partial charge >= 0.3 is 6.18 Å². The molecule has 4 rings (SSSR count). The second kappa shape index (κ2) is 5.87. The molecule has 4 nitrogen and oxygen atoms in total. The molecule has 0 atom stereocenters. The summed E-state index contributed by atoms with van der Waals surface area (Å²) in [5.74, 6) is 0.310. The van der Waals surface area contributed by atoms with E-state index in [2.05, 4.69) is 15.4 Å². The molecule has 1 fully saturated rings. The van der Waals surface area contributed by atoms with Crippen LogP contribution in [0.15, 0.2) is 36.4 Å². The van der Waals surface area contributed by atoms with Gasteiger partial charge in [-0.2, -0.15) is 22.8 Å². The third-order valence-electron chi connectivity index (χ3n) is 4.56. The molecule has 0 bridgehead atoms. The number of aromatic nitrogens is 3. The first kappa shape index (κ1) is 17.1. The minimum Gasteiger partial charge on any atom is -0.356 e. The van der Waals surface area contributed by atoms with E-state index in [9.17, 15) is 13.2 Å². The lowest BCUT2D eigenvalue weighted by Gasteiger charge is -2.22. The minimum absolute atomic E-state index is 0.0677. The van der Waals surface area contributed by atoms with Crippen molar-refractivity contribution in [3.63, 3.8) is 0 Å². The summed E-state index contributed by atoms with van der Waals surface area (Å²) in [6, 6.07) is 10.8. The van der Waals surface area contributed by atoms with Crippen molar-refractivity contribution in [2.24, 2.45) is 0 Å². The zero-order valence-corrected chi connectivity index (χ0v) is 14.7. The lowest BCUT2D eigenvalue weighted by atomic mass is 10.1. The Kier molecular flexibility index (Phi) is 3.87. The van der Waals surface area contributed by atoms with E-state index in [1.54, 1.807) is 31.2 Å². The van der Waals surface area contributed by atoms with Gasteiger partial charge in [0, 0.05) is 29.3 Å². The van der Waals surface area contributed by atoms with Crippen molar-refractivity contribution in [3.8, 4) is 0 Å². The summed E-state index contributed by atoms with van der Waals surface area (Å²) < 4.78 is 41.3. The molecule has 2 aromatic heterocycles. The Hall–Kier alpha value is -2.28. The molecule has 136 valence electrons. The average molecular weight is 381 g/mol. The maximum Gasteiger partial charge on any atom is 0.411 e. The van der Waals surface area contributed by atoms with Crippen LogP contribution in [0.2, 0.25) is 5.02 Å². The Bertz CT molecular complexity index is 959. The largest absolute Gasteiger partial charge is 0.411 e. The van der Waals surface area contributed by atoms with Crippen LogP contribution < -0.4 is 5.32 Å². The number of halogens is 4. The fraction of sp³-hybridized carbons (Fsp3) is 0.333. The molecule has 8 heteroatoms. The zero-order chi connectivity index (χ0) is 18.5. The molecule has 1 N–H and O–H groups in total. The Morgan fingerprint density at radius 3 is 2.50 bits per heavy atom. The number of hydrogen-bond acceptors (Lipinski definition) is 3. The van der Waals surface area contributed by atoms with Crippen LogP contribution in [0.5, 0.6) is 0 Å². The molecule has 1 saturated carbocycles. The maximum absolute atomic E-state index is 13.3. The first-order valence-corrected chi connectivity index (χ1v) is 8.59. The van der Waals surface area contributed by atoms with Crippen molar-refractivity contribution in [1.29, 1.82) is 0 Å². The predicted octanol–water partition coefficient (Wildman–Crippen LogP) is 4.79. The van der Waals surface area contributed by atoms with E-state index in [1.165, 1.54) is 4.52 Å². The number of rotatable bonds is 4. The number of hydrogen-bond donors (Lipinski definition) is 1. The van der Waals surface area contributed by atoms with Gasteiger partial charge in [-0.1, -0.05) is 23.7 Å². The van der Waals surface area contributed by atoms with Crippen molar-refractivity contribution >= 4 is 23.1 Å². The summed E-state index contributed by atoms with van der Waals surface area (Å²) in [6.07, 6.45) is -3.62. The summed E-state index contributed by atoms with van der Waals surface area (Å²) in [5.41, 5.74) is 1.05. The third-order valence-corrected chi connectivity index (χ3v) is 4.82. The fourth-order valence-corrected chi connectivity index (χ4v) is 3.11. The summed E-state index contributed by atoms with van der Waals surface area (Å²) in [7, 11) is 0. The van der Waals surface area contributed by atoms with Crippen LogP contribution in [0.25, 0.3) is 5.65 Å². The van der Waals surface area contributed by atoms with E-state index in [0.29, 0.717) is 28.6 Å². The van der Waals surface area contributed by atoms with Crippen LogP contribution in [0.3, 0.4) is 0 Å². The molecule has 26 heavy (non-hydrogen) atoms. The molecular formula is C18H16ClF3N4. The number of alkyl halides is 3.